The molecule has 6 nitrogen and oxygen atoms in total. The number of aliphatic hydroxyl groups is 1. The van der Waals surface area contributed by atoms with Crippen LogP contribution in [0.5, 0.6) is 0 Å². The number of urea groups is 1. The van der Waals surface area contributed by atoms with Crippen LogP contribution in [-0.4, -0.2) is 41.1 Å². The SMILES string of the molecule is O=C(Nc1ccc(NC(=O)N2CCC[C@H]2CO)c(C(F)(F)F)c1)c1ccccc1. The van der Waals surface area contributed by atoms with Gasteiger partial charge in [0.05, 0.1) is 23.9 Å². The lowest BCUT2D eigenvalue weighted by Gasteiger charge is -2.24. The third kappa shape index (κ3) is 4.86. The molecule has 0 spiro atoms. The molecule has 1 atom stereocenters. The van der Waals surface area contributed by atoms with E-state index in [1.165, 1.54) is 11.0 Å². The van der Waals surface area contributed by atoms with Crippen molar-refractivity contribution in [2.24, 2.45) is 0 Å². The second kappa shape index (κ2) is 8.52. The molecule has 2 aromatic carbocycles. The molecule has 0 unspecified atom stereocenters. The molecule has 154 valence electrons. The van der Waals surface area contributed by atoms with E-state index >= 15 is 0 Å². The number of hydrogen-bond acceptors (Lipinski definition) is 3. The van der Waals surface area contributed by atoms with Gasteiger partial charge in [-0.3, -0.25) is 4.79 Å². The maximum atomic E-state index is 13.5. The summed E-state index contributed by atoms with van der Waals surface area (Å²) in [7, 11) is 0. The summed E-state index contributed by atoms with van der Waals surface area (Å²) < 4.78 is 40.6. The number of hydrogen-bond donors (Lipinski definition) is 3. The van der Waals surface area contributed by atoms with E-state index in [9.17, 15) is 27.9 Å². The minimum absolute atomic E-state index is 0.0430. The van der Waals surface area contributed by atoms with Gasteiger partial charge in [0.15, 0.2) is 0 Å². The second-order valence-electron chi connectivity index (χ2n) is 6.68. The van der Waals surface area contributed by atoms with Gasteiger partial charge in [-0.2, -0.15) is 13.2 Å². The highest BCUT2D eigenvalue weighted by atomic mass is 19.4. The minimum Gasteiger partial charge on any atom is -0.394 e. The second-order valence-corrected chi connectivity index (χ2v) is 6.68. The maximum absolute atomic E-state index is 13.5. The maximum Gasteiger partial charge on any atom is 0.418 e. The van der Waals surface area contributed by atoms with Crippen LogP contribution in [0.15, 0.2) is 48.5 Å². The van der Waals surface area contributed by atoms with Gasteiger partial charge in [-0.25, -0.2) is 4.79 Å². The normalized spacial score (nSPS) is 16.6. The first-order valence-electron chi connectivity index (χ1n) is 9.05. The third-order valence-corrected chi connectivity index (χ3v) is 4.71. The zero-order valence-corrected chi connectivity index (χ0v) is 15.4. The number of nitrogens with one attached hydrogen (secondary N) is 2. The summed E-state index contributed by atoms with van der Waals surface area (Å²) in [6.07, 6.45) is -3.47. The van der Waals surface area contributed by atoms with Crippen LogP contribution in [-0.2, 0) is 6.18 Å². The lowest BCUT2D eigenvalue weighted by Crippen LogP contribution is -2.40. The number of likely N-dealkylation sites (tertiary alicyclic amines) is 1. The summed E-state index contributed by atoms with van der Waals surface area (Å²) in [6.45, 7) is 0.119. The fourth-order valence-corrected chi connectivity index (χ4v) is 3.24. The molecule has 0 aliphatic carbocycles. The molecule has 1 aliphatic heterocycles. The van der Waals surface area contributed by atoms with Crippen LogP contribution in [0.4, 0.5) is 29.3 Å². The standard InChI is InChI=1S/C20H20F3N3O3/c21-20(22,23)16-11-14(24-18(28)13-5-2-1-3-6-13)8-9-17(16)25-19(29)26-10-4-7-15(26)12-27/h1-3,5-6,8-9,11,15,27H,4,7,10,12H2,(H,24,28)(H,25,29)/t15-/m0/s1. The Labute approximate surface area is 165 Å². The van der Waals surface area contributed by atoms with Crippen molar-refractivity contribution >= 4 is 23.3 Å². The Morgan fingerprint density at radius 1 is 1.10 bits per heavy atom. The van der Waals surface area contributed by atoms with E-state index in [0.717, 1.165) is 12.1 Å². The predicted octanol–water partition coefficient (Wildman–Crippen LogP) is 3.95. The van der Waals surface area contributed by atoms with Crippen molar-refractivity contribution in [3.05, 3.63) is 59.7 Å². The van der Waals surface area contributed by atoms with Gasteiger partial charge < -0.3 is 20.6 Å². The van der Waals surface area contributed by atoms with Gasteiger partial charge in [-0.15, -0.1) is 0 Å². The van der Waals surface area contributed by atoms with Crippen LogP contribution >= 0.6 is 0 Å². The molecule has 3 amide bonds. The van der Waals surface area contributed by atoms with Crippen molar-refractivity contribution in [3.8, 4) is 0 Å². The first kappa shape index (κ1) is 20.7. The fourth-order valence-electron chi connectivity index (χ4n) is 3.24. The van der Waals surface area contributed by atoms with Gasteiger partial charge in [0.25, 0.3) is 5.91 Å². The Bertz CT molecular complexity index is 888. The molecule has 29 heavy (non-hydrogen) atoms. The largest absolute Gasteiger partial charge is 0.418 e. The monoisotopic (exact) mass is 407 g/mol. The van der Waals surface area contributed by atoms with Crippen molar-refractivity contribution in [1.29, 1.82) is 0 Å². The van der Waals surface area contributed by atoms with E-state index in [4.69, 9.17) is 0 Å². The molecule has 0 bridgehead atoms. The Balaban J connectivity index is 1.81. The van der Waals surface area contributed by atoms with Crippen LogP contribution in [0.2, 0.25) is 0 Å². The number of nitrogens with zero attached hydrogens (tertiary/aromatic N) is 1. The molecule has 0 radical (unpaired) electrons. The minimum atomic E-state index is -4.74. The molecule has 0 saturated carbocycles. The number of halogens is 3. The van der Waals surface area contributed by atoms with Gasteiger partial charge in [-0.1, -0.05) is 18.2 Å². The topological polar surface area (TPSA) is 81.7 Å². The van der Waals surface area contributed by atoms with Crippen LogP contribution in [0.25, 0.3) is 0 Å². The Kier molecular flexibility index (Phi) is 6.07. The molecule has 1 fully saturated rings. The summed E-state index contributed by atoms with van der Waals surface area (Å²) in [5, 5.41) is 14.0. The number of benzene rings is 2. The number of carbonyl (C=O) groups excluding carboxylic acids is 2. The Hall–Kier alpha value is -3.07. The van der Waals surface area contributed by atoms with Crippen molar-refractivity contribution in [2.45, 2.75) is 25.1 Å². The molecule has 9 heteroatoms. The van der Waals surface area contributed by atoms with E-state index in [1.54, 1.807) is 30.3 Å². The average molecular weight is 407 g/mol. The van der Waals surface area contributed by atoms with Crippen molar-refractivity contribution in [2.75, 3.05) is 23.8 Å². The van der Waals surface area contributed by atoms with E-state index in [1.807, 2.05) is 0 Å². The van der Waals surface area contributed by atoms with Gasteiger partial charge in [0.2, 0.25) is 0 Å². The van der Waals surface area contributed by atoms with E-state index in [-0.39, 0.29) is 12.3 Å². The highest BCUT2D eigenvalue weighted by molar-refractivity contribution is 6.04. The summed E-state index contributed by atoms with van der Waals surface area (Å²) in [6, 6.07) is 10.2. The van der Waals surface area contributed by atoms with Crippen LogP contribution < -0.4 is 10.6 Å². The average Bonchev–Trinajstić information content (AvgIpc) is 3.18. The number of anilines is 2. The van der Waals surface area contributed by atoms with Crippen molar-refractivity contribution in [1.82, 2.24) is 4.90 Å². The quantitative estimate of drug-likeness (QED) is 0.718. The first-order valence-corrected chi connectivity index (χ1v) is 9.05. The molecule has 2 aromatic rings. The zero-order chi connectivity index (χ0) is 21.0. The molecule has 3 N–H and O–H groups in total. The number of aliphatic hydroxyl groups excluding tert-OH is 1. The molecular weight excluding hydrogens is 387 g/mol. The molecular formula is C20H20F3N3O3. The number of rotatable bonds is 4. The zero-order valence-electron chi connectivity index (χ0n) is 15.4. The summed E-state index contributed by atoms with van der Waals surface area (Å²) in [5.74, 6) is -0.543. The molecule has 0 aromatic heterocycles. The summed E-state index contributed by atoms with van der Waals surface area (Å²) in [4.78, 5) is 25.9. The van der Waals surface area contributed by atoms with E-state index < -0.39 is 35.4 Å². The highest BCUT2D eigenvalue weighted by Gasteiger charge is 2.36. The summed E-state index contributed by atoms with van der Waals surface area (Å²) >= 11 is 0. The summed E-state index contributed by atoms with van der Waals surface area (Å²) in [5.41, 5.74) is -1.22. The third-order valence-electron chi connectivity index (χ3n) is 4.71. The smallest absolute Gasteiger partial charge is 0.394 e. The first-order chi connectivity index (χ1) is 13.8. The molecule has 1 aliphatic rings. The van der Waals surface area contributed by atoms with Gasteiger partial charge in [-0.05, 0) is 43.2 Å². The lowest BCUT2D eigenvalue weighted by atomic mass is 10.1. The van der Waals surface area contributed by atoms with E-state index in [0.29, 0.717) is 24.9 Å². The fraction of sp³-hybridized carbons (Fsp3) is 0.300. The Morgan fingerprint density at radius 2 is 1.83 bits per heavy atom. The molecule has 3 rings (SSSR count). The molecule has 1 saturated heterocycles. The molecule has 1 heterocycles. The lowest BCUT2D eigenvalue weighted by molar-refractivity contribution is -0.136. The predicted molar refractivity (Wildman–Crippen MR) is 102 cm³/mol. The van der Waals surface area contributed by atoms with Crippen LogP contribution in [0.1, 0.15) is 28.8 Å². The van der Waals surface area contributed by atoms with E-state index in [2.05, 4.69) is 10.6 Å². The van der Waals surface area contributed by atoms with Gasteiger partial charge in [0, 0.05) is 17.8 Å². The van der Waals surface area contributed by atoms with Gasteiger partial charge >= 0.3 is 12.2 Å². The van der Waals surface area contributed by atoms with Crippen LogP contribution in [0, 0.1) is 0 Å². The van der Waals surface area contributed by atoms with Crippen molar-refractivity contribution in [3.63, 3.8) is 0 Å². The Morgan fingerprint density at radius 3 is 2.48 bits per heavy atom. The number of amides is 3. The van der Waals surface area contributed by atoms with Gasteiger partial charge in [0.1, 0.15) is 0 Å². The number of alkyl halides is 3. The number of carbonyl (C=O) groups is 2. The van der Waals surface area contributed by atoms with Crippen molar-refractivity contribution < 1.29 is 27.9 Å². The van der Waals surface area contributed by atoms with Crippen LogP contribution in [0.3, 0.4) is 0 Å². The highest BCUT2D eigenvalue weighted by Crippen LogP contribution is 2.37.